The predicted molar refractivity (Wildman–Crippen MR) is 113 cm³/mol. The molecule has 0 bridgehead atoms. The molecule has 10 heteroatoms. The van der Waals surface area contributed by atoms with Crippen LogP contribution in [-0.4, -0.2) is 37.6 Å². The molecule has 0 atom stereocenters. The molecule has 1 aliphatic rings. The molecule has 1 aromatic carbocycles. The third-order valence-electron chi connectivity index (χ3n) is 5.93. The van der Waals surface area contributed by atoms with E-state index >= 15 is 0 Å². The normalized spacial score (nSPS) is 19.3. The van der Waals surface area contributed by atoms with Crippen LogP contribution < -0.4 is 10.6 Å². The number of alkyl halides is 3. The molecule has 0 aliphatic heterocycles. The van der Waals surface area contributed by atoms with Crippen molar-refractivity contribution in [1.82, 2.24) is 24.9 Å². The fraction of sp³-hybridized carbons (Fsp3) is 0.318. The van der Waals surface area contributed by atoms with E-state index in [0.29, 0.717) is 11.4 Å². The monoisotopic (exact) mass is 442 g/mol. The Kier molecular flexibility index (Phi) is 4.99. The maximum Gasteiger partial charge on any atom is 0.434 e. The topological polar surface area (TPSA) is 87.1 Å². The van der Waals surface area contributed by atoms with Gasteiger partial charge in [0.2, 0.25) is 0 Å². The number of nitrogens with zero attached hydrogens (tertiary/aromatic N) is 3. The summed E-state index contributed by atoms with van der Waals surface area (Å²) in [6.45, 7) is 0. The molecule has 0 radical (unpaired) electrons. The Bertz CT molecular complexity index is 1270. The van der Waals surface area contributed by atoms with Crippen LogP contribution in [-0.2, 0) is 6.18 Å². The van der Waals surface area contributed by atoms with Gasteiger partial charge in [-0.1, -0.05) is 12.1 Å². The SMILES string of the molecule is O=C(NC1CCC(Nc2cccc3nc(C(F)(F)F)cn23)CC1)c1cccc2[nH]ncc12. The number of halogens is 3. The van der Waals surface area contributed by atoms with Gasteiger partial charge < -0.3 is 10.6 Å². The van der Waals surface area contributed by atoms with Crippen LogP contribution in [0, 0.1) is 0 Å². The van der Waals surface area contributed by atoms with E-state index in [1.807, 2.05) is 12.1 Å². The summed E-state index contributed by atoms with van der Waals surface area (Å²) in [5, 5.41) is 14.1. The Morgan fingerprint density at radius 3 is 2.59 bits per heavy atom. The maximum absolute atomic E-state index is 13.0. The maximum atomic E-state index is 13.0. The van der Waals surface area contributed by atoms with E-state index in [9.17, 15) is 18.0 Å². The molecule has 166 valence electrons. The van der Waals surface area contributed by atoms with Gasteiger partial charge in [0.25, 0.3) is 5.91 Å². The lowest BCUT2D eigenvalue weighted by molar-refractivity contribution is -0.140. The van der Waals surface area contributed by atoms with Gasteiger partial charge in [0.15, 0.2) is 5.69 Å². The van der Waals surface area contributed by atoms with Crippen LogP contribution >= 0.6 is 0 Å². The molecule has 0 unspecified atom stereocenters. The molecule has 1 saturated carbocycles. The van der Waals surface area contributed by atoms with Gasteiger partial charge in [-0.25, -0.2) is 4.98 Å². The molecule has 4 aromatic rings. The predicted octanol–water partition coefficient (Wildman–Crippen LogP) is 4.38. The van der Waals surface area contributed by atoms with Crippen molar-refractivity contribution in [2.24, 2.45) is 0 Å². The summed E-state index contributed by atoms with van der Waals surface area (Å²) in [4.78, 5) is 16.4. The van der Waals surface area contributed by atoms with Crippen molar-refractivity contribution in [2.75, 3.05) is 5.32 Å². The van der Waals surface area contributed by atoms with E-state index in [-0.39, 0.29) is 23.6 Å². The Morgan fingerprint density at radius 1 is 1.06 bits per heavy atom. The quantitative estimate of drug-likeness (QED) is 0.438. The average Bonchev–Trinajstić information content (AvgIpc) is 3.42. The van der Waals surface area contributed by atoms with E-state index < -0.39 is 11.9 Å². The van der Waals surface area contributed by atoms with Crippen LogP contribution in [0.25, 0.3) is 16.6 Å². The minimum atomic E-state index is -4.49. The molecule has 3 N–H and O–H groups in total. The minimum Gasteiger partial charge on any atom is -0.368 e. The first kappa shape index (κ1) is 20.3. The number of aromatic nitrogens is 4. The summed E-state index contributed by atoms with van der Waals surface area (Å²) < 4.78 is 40.5. The van der Waals surface area contributed by atoms with E-state index in [2.05, 4.69) is 25.8 Å². The fourth-order valence-electron chi connectivity index (χ4n) is 4.29. The molecule has 32 heavy (non-hydrogen) atoms. The number of imidazole rings is 1. The number of nitrogens with one attached hydrogen (secondary N) is 3. The third-order valence-corrected chi connectivity index (χ3v) is 5.93. The molecule has 1 aliphatic carbocycles. The molecule has 5 rings (SSSR count). The van der Waals surface area contributed by atoms with Crippen LogP contribution in [0.3, 0.4) is 0 Å². The molecular weight excluding hydrogens is 421 g/mol. The Balaban J connectivity index is 1.22. The van der Waals surface area contributed by atoms with Crippen molar-refractivity contribution >= 4 is 28.3 Å². The van der Waals surface area contributed by atoms with Crippen molar-refractivity contribution in [3.8, 4) is 0 Å². The lowest BCUT2D eigenvalue weighted by Crippen LogP contribution is -2.40. The second-order valence-electron chi connectivity index (χ2n) is 8.07. The molecule has 0 saturated heterocycles. The number of aromatic amines is 1. The highest BCUT2D eigenvalue weighted by Crippen LogP contribution is 2.30. The number of hydrogen-bond acceptors (Lipinski definition) is 4. The first-order chi connectivity index (χ1) is 15.4. The van der Waals surface area contributed by atoms with Crippen molar-refractivity contribution in [2.45, 2.75) is 43.9 Å². The molecule has 0 spiro atoms. The Hall–Kier alpha value is -3.56. The van der Waals surface area contributed by atoms with E-state index in [0.717, 1.165) is 42.8 Å². The zero-order valence-corrected chi connectivity index (χ0v) is 17.0. The fourth-order valence-corrected chi connectivity index (χ4v) is 4.29. The summed E-state index contributed by atoms with van der Waals surface area (Å²) in [5.74, 6) is 0.445. The highest BCUT2D eigenvalue weighted by molar-refractivity contribution is 6.06. The van der Waals surface area contributed by atoms with Gasteiger partial charge in [-0.2, -0.15) is 18.3 Å². The second-order valence-corrected chi connectivity index (χ2v) is 8.07. The summed E-state index contributed by atoms with van der Waals surface area (Å²) in [6, 6.07) is 10.6. The molecular formula is C22H21F3N6O. The van der Waals surface area contributed by atoms with E-state index in [1.165, 1.54) is 4.40 Å². The molecule has 1 fully saturated rings. The summed E-state index contributed by atoms with van der Waals surface area (Å²) in [5.41, 5.74) is 0.735. The first-order valence-corrected chi connectivity index (χ1v) is 10.4. The summed E-state index contributed by atoms with van der Waals surface area (Å²) in [6.07, 6.45) is 1.30. The van der Waals surface area contributed by atoms with Crippen molar-refractivity contribution < 1.29 is 18.0 Å². The number of H-pyrrole nitrogens is 1. The first-order valence-electron chi connectivity index (χ1n) is 10.4. The van der Waals surface area contributed by atoms with Crippen molar-refractivity contribution in [3.05, 3.63) is 60.0 Å². The van der Waals surface area contributed by atoms with E-state index in [4.69, 9.17) is 0 Å². The number of fused-ring (bicyclic) bond motifs is 2. The Labute approximate surface area is 181 Å². The van der Waals surface area contributed by atoms with Crippen LogP contribution in [0.4, 0.5) is 19.0 Å². The lowest BCUT2D eigenvalue weighted by Gasteiger charge is -2.30. The van der Waals surface area contributed by atoms with E-state index in [1.54, 1.807) is 30.5 Å². The number of pyridine rings is 1. The zero-order valence-electron chi connectivity index (χ0n) is 17.0. The number of amides is 1. The van der Waals surface area contributed by atoms with Crippen LogP contribution in [0.1, 0.15) is 41.7 Å². The van der Waals surface area contributed by atoms with Gasteiger partial charge in [-0.15, -0.1) is 0 Å². The number of carbonyl (C=O) groups excluding carboxylic acids is 1. The molecule has 3 heterocycles. The second kappa shape index (κ2) is 7.85. The zero-order chi connectivity index (χ0) is 22.3. The largest absolute Gasteiger partial charge is 0.434 e. The van der Waals surface area contributed by atoms with Crippen LogP contribution in [0.15, 0.2) is 48.8 Å². The van der Waals surface area contributed by atoms with Crippen molar-refractivity contribution in [1.29, 1.82) is 0 Å². The molecule has 7 nitrogen and oxygen atoms in total. The highest BCUT2D eigenvalue weighted by atomic mass is 19.4. The number of hydrogen-bond donors (Lipinski definition) is 3. The van der Waals surface area contributed by atoms with Gasteiger partial charge in [-0.3, -0.25) is 14.3 Å². The summed E-state index contributed by atoms with van der Waals surface area (Å²) >= 11 is 0. The Morgan fingerprint density at radius 2 is 1.81 bits per heavy atom. The van der Waals surface area contributed by atoms with Gasteiger partial charge in [0.1, 0.15) is 11.5 Å². The number of rotatable bonds is 4. The van der Waals surface area contributed by atoms with Gasteiger partial charge >= 0.3 is 6.18 Å². The number of carbonyl (C=O) groups is 1. The standard InChI is InChI=1S/C22H21F3N6O/c23-22(24,25)18-12-31-19(5-2-6-20(31)29-18)27-13-7-9-14(10-8-13)28-21(32)15-3-1-4-17-16(15)11-26-30-17/h1-6,11-14,27H,7-10H2,(H,26,30)(H,28,32). The van der Waals surface area contributed by atoms with Gasteiger partial charge in [0, 0.05) is 23.7 Å². The van der Waals surface area contributed by atoms with Crippen LogP contribution in [0.2, 0.25) is 0 Å². The molecule has 3 aromatic heterocycles. The molecule has 1 amide bonds. The third kappa shape index (κ3) is 3.88. The van der Waals surface area contributed by atoms with Crippen LogP contribution in [0.5, 0.6) is 0 Å². The van der Waals surface area contributed by atoms with Gasteiger partial charge in [0.05, 0.1) is 17.3 Å². The minimum absolute atomic E-state index is 0.0450. The highest BCUT2D eigenvalue weighted by Gasteiger charge is 2.34. The summed E-state index contributed by atoms with van der Waals surface area (Å²) in [7, 11) is 0. The number of benzene rings is 1. The van der Waals surface area contributed by atoms with Crippen molar-refractivity contribution in [3.63, 3.8) is 0 Å². The lowest BCUT2D eigenvalue weighted by atomic mass is 9.91. The average molecular weight is 442 g/mol. The smallest absolute Gasteiger partial charge is 0.368 e. The van der Waals surface area contributed by atoms with Gasteiger partial charge in [-0.05, 0) is 49.9 Å². The number of anilines is 1.